The Hall–Kier alpha value is -13.3. The highest BCUT2D eigenvalue weighted by Gasteiger charge is 2.27. The van der Waals surface area contributed by atoms with E-state index in [1.165, 1.54) is 88.7 Å². The van der Waals surface area contributed by atoms with Crippen LogP contribution < -0.4 is 22.8 Å². The lowest BCUT2D eigenvalue weighted by molar-refractivity contribution is -0.660. The minimum Gasteiger partial charge on any atom is -0.455 e. The average molecular weight is 1470 g/mol. The van der Waals surface area contributed by atoms with Crippen molar-refractivity contribution >= 4 is 110 Å². The molecular weight excluding hydrogens is 1380 g/mol. The summed E-state index contributed by atoms with van der Waals surface area (Å²) in [4.78, 5) is 13.2. The highest BCUT2D eigenvalue weighted by molar-refractivity contribution is 6.13. The molecule has 0 saturated heterocycles. The molecule has 13 heteroatoms. The van der Waals surface area contributed by atoms with Gasteiger partial charge in [0, 0.05) is 133 Å². The van der Waals surface area contributed by atoms with Gasteiger partial charge < -0.3 is 22.1 Å². The zero-order valence-corrected chi connectivity index (χ0v) is 66.2. The fourth-order valence-corrected chi connectivity index (χ4v) is 15.6. The van der Waals surface area contributed by atoms with Crippen LogP contribution >= 0.6 is 0 Å². The van der Waals surface area contributed by atoms with E-state index in [1.54, 1.807) is 12.4 Å². The maximum absolute atomic E-state index is 6.26. The van der Waals surface area contributed by atoms with Crippen LogP contribution in [0.3, 0.4) is 0 Å². The van der Waals surface area contributed by atoms with Gasteiger partial charge in [0.2, 0.25) is 45.6 Å². The maximum atomic E-state index is 6.26. The van der Waals surface area contributed by atoms with Gasteiger partial charge in [-0.3, -0.25) is 0 Å². The first-order valence-corrected chi connectivity index (χ1v) is 38.3. The van der Waals surface area contributed by atoms with Crippen LogP contribution in [0.5, 0.6) is 0 Å². The van der Waals surface area contributed by atoms with E-state index in [2.05, 4.69) is 330 Å². The highest BCUT2D eigenvalue weighted by atomic mass is 16.4. The van der Waals surface area contributed by atoms with E-state index < -0.39 is 0 Å². The summed E-state index contributed by atoms with van der Waals surface area (Å²) in [5, 5.41) is 11.3. The molecule has 0 aliphatic heterocycles. The summed E-state index contributed by atoms with van der Waals surface area (Å²) in [6, 6.07) is 77.7. The van der Waals surface area contributed by atoms with Gasteiger partial charge in [-0.1, -0.05) is 125 Å². The van der Waals surface area contributed by atoms with Crippen molar-refractivity contribution in [3.63, 3.8) is 0 Å². The van der Waals surface area contributed by atoms with E-state index in [0.717, 1.165) is 105 Å². The molecule has 552 valence electrons. The SMILES string of the molecule is Cc1ccc2c(n1)oc1c(-c3cccc[n+]3C)c(C)ccc12.Cc1ccc2c(oc3ccccc32)c1-c1cc(C(C)C)cc[n+]1C.Cc1ccc2c(oc3ccccc32)c1-c1cccc[n+]1C.Cc1ccc2c(oc3ncccc32)c1-c1cc(C(C)C)cc[n+]1C.Cc1ccc2c(oc3ncccc32)c1-c1cccc[n+]1C. The lowest BCUT2D eigenvalue weighted by atomic mass is 9.97. The predicted molar refractivity (Wildman–Crippen MR) is 452 cm³/mol. The average Bonchev–Trinajstić information content (AvgIpc) is 1.63. The normalized spacial score (nSPS) is 11.5. The van der Waals surface area contributed by atoms with E-state index in [1.807, 2.05) is 67.6 Å². The van der Waals surface area contributed by atoms with Crippen LogP contribution in [0.4, 0.5) is 0 Å². The quantitative estimate of drug-likeness (QED) is 0.145. The molecule has 0 bridgehead atoms. The van der Waals surface area contributed by atoms with Crippen molar-refractivity contribution in [2.24, 2.45) is 35.2 Å². The molecule has 0 aliphatic carbocycles. The van der Waals surface area contributed by atoms with Crippen molar-refractivity contribution in [3.8, 4) is 56.3 Å². The molecule has 0 unspecified atom stereocenters. The summed E-state index contributed by atoms with van der Waals surface area (Å²) in [6.45, 7) is 21.5. The van der Waals surface area contributed by atoms with Gasteiger partial charge in [0.15, 0.2) is 47.7 Å². The second kappa shape index (κ2) is 30.3. The zero-order chi connectivity index (χ0) is 77.8. The summed E-state index contributed by atoms with van der Waals surface area (Å²) in [5.74, 6) is 0.988. The number of aryl methyl sites for hydroxylation is 11. The van der Waals surface area contributed by atoms with Crippen LogP contribution in [-0.4, -0.2) is 15.0 Å². The molecule has 20 rings (SSSR count). The van der Waals surface area contributed by atoms with E-state index in [4.69, 9.17) is 22.1 Å². The molecule has 0 atom stereocenters. The van der Waals surface area contributed by atoms with Crippen molar-refractivity contribution in [2.45, 2.75) is 81.1 Å². The standard InChI is InChI=1S/C22H22NO.C21H21N2O.C19H17N2O.C19H16NO.C18H15N2O/c1-14(2)16-11-12-23(4)19(13-16)21-15(3)9-10-18-17-7-5-6-8-20(17)24-22(18)21;1-13(2)15-9-11-23(4)18(12-15)19-14(3)7-8-16-17-6-5-10-22-21(17)24-20(16)19;1-12-7-9-14-15-10-8-13(2)20-19(15)22-18(14)17(12)16-6-4-5-11-21(16)3;1-13-10-11-15-14-7-3-4-9-17(14)21-19(15)18(13)16-8-5-6-12-20(16)2;1-12-8-9-13-14-6-5-10-19-18(14)21-17(13)16(12)15-7-3-4-11-20(15)2/h5-14H,1-4H3;5-13H,1-4H3;4-11H,1-3H3;3-12H,1-2H3;3-11H,1-2H3/q5*+1. The van der Waals surface area contributed by atoms with Crippen LogP contribution in [-0.2, 0) is 35.2 Å². The van der Waals surface area contributed by atoms with E-state index >= 15 is 0 Å². The molecule has 0 N–H and O–H groups in total. The van der Waals surface area contributed by atoms with Gasteiger partial charge in [-0.05, 0) is 159 Å². The van der Waals surface area contributed by atoms with Crippen molar-refractivity contribution < 1.29 is 44.9 Å². The lowest BCUT2D eigenvalue weighted by Gasteiger charge is -2.09. The first-order chi connectivity index (χ1) is 54.3. The molecule has 7 aromatic carbocycles. The zero-order valence-electron chi connectivity index (χ0n) is 66.2. The van der Waals surface area contributed by atoms with Gasteiger partial charge in [-0.15, -0.1) is 0 Å². The molecule has 0 amide bonds. The van der Waals surface area contributed by atoms with Gasteiger partial charge in [-0.25, -0.2) is 37.8 Å². The first-order valence-electron chi connectivity index (χ1n) is 38.3. The Kier molecular flexibility index (Phi) is 19.7. The summed E-state index contributed by atoms with van der Waals surface area (Å²) in [6.07, 6.45) is 14.0. The van der Waals surface area contributed by atoms with Crippen molar-refractivity contribution in [1.82, 2.24) is 15.0 Å². The molecule has 20 aromatic rings. The number of nitrogens with zero attached hydrogens (tertiary/aromatic N) is 8. The van der Waals surface area contributed by atoms with Crippen molar-refractivity contribution in [2.75, 3.05) is 0 Å². The van der Waals surface area contributed by atoms with Gasteiger partial charge in [0.1, 0.15) is 57.6 Å². The molecule has 0 aliphatic rings. The van der Waals surface area contributed by atoms with E-state index in [-0.39, 0.29) is 0 Å². The van der Waals surface area contributed by atoms with Crippen molar-refractivity contribution in [1.29, 1.82) is 0 Å². The lowest BCUT2D eigenvalue weighted by Crippen LogP contribution is -2.31. The molecule has 0 radical (unpaired) electrons. The summed E-state index contributed by atoms with van der Waals surface area (Å²) in [5.41, 5.74) is 30.0. The number of hydrogen-bond acceptors (Lipinski definition) is 8. The molecule has 13 aromatic heterocycles. The molecule has 0 fully saturated rings. The fourth-order valence-electron chi connectivity index (χ4n) is 15.6. The van der Waals surface area contributed by atoms with Crippen molar-refractivity contribution in [3.05, 3.63) is 312 Å². The largest absolute Gasteiger partial charge is 0.455 e. The van der Waals surface area contributed by atoms with Crippen LogP contribution in [0.15, 0.2) is 290 Å². The second-order valence-corrected chi connectivity index (χ2v) is 30.0. The van der Waals surface area contributed by atoms with Gasteiger partial charge in [0.25, 0.3) is 0 Å². The van der Waals surface area contributed by atoms with Crippen LogP contribution in [0.25, 0.3) is 166 Å². The highest BCUT2D eigenvalue weighted by Crippen LogP contribution is 2.43. The van der Waals surface area contributed by atoms with Gasteiger partial charge in [-0.2, -0.15) is 0 Å². The predicted octanol–water partition coefficient (Wildman–Crippen LogP) is 22.7. The Balaban J connectivity index is 0.000000106. The molecule has 0 spiro atoms. The topological polar surface area (TPSA) is 124 Å². The Bertz CT molecular complexity index is 6670. The first kappa shape index (κ1) is 72.9. The van der Waals surface area contributed by atoms with E-state index in [9.17, 15) is 0 Å². The molecule has 13 nitrogen and oxygen atoms in total. The summed E-state index contributed by atoms with van der Waals surface area (Å²) in [7, 11) is 10.3. The Morgan fingerprint density at radius 1 is 0.259 bits per heavy atom. The molecule has 13 heterocycles. The number of pyridine rings is 8. The number of para-hydroxylation sites is 2. The third-order valence-corrected chi connectivity index (χ3v) is 21.7. The number of benzene rings is 7. The monoisotopic (exact) mass is 1470 g/mol. The van der Waals surface area contributed by atoms with Crippen LogP contribution in [0.1, 0.15) is 84.2 Å². The Morgan fingerprint density at radius 2 is 0.554 bits per heavy atom. The maximum Gasteiger partial charge on any atom is 0.227 e. The molecular formula is C99H91N8O5+5. The molecule has 112 heavy (non-hydrogen) atoms. The Morgan fingerprint density at radius 3 is 0.920 bits per heavy atom. The van der Waals surface area contributed by atoms with Crippen LogP contribution in [0.2, 0.25) is 0 Å². The third kappa shape index (κ3) is 13.6. The summed E-state index contributed by atoms with van der Waals surface area (Å²) < 4.78 is 41.5. The number of furan rings is 5. The van der Waals surface area contributed by atoms with E-state index in [0.29, 0.717) is 29.0 Å². The minimum atomic E-state index is 0.488. The Labute approximate surface area is 651 Å². The number of aromatic nitrogens is 8. The fraction of sp³-hybridized carbons (Fsp3) is 0.172. The second-order valence-electron chi connectivity index (χ2n) is 30.0. The number of hydrogen-bond donors (Lipinski definition) is 0. The number of rotatable bonds is 7. The van der Waals surface area contributed by atoms with Crippen LogP contribution in [0, 0.1) is 41.5 Å². The molecule has 0 saturated carbocycles. The third-order valence-electron chi connectivity index (χ3n) is 21.7. The van der Waals surface area contributed by atoms with Gasteiger partial charge in [0.05, 0.1) is 27.8 Å². The van der Waals surface area contributed by atoms with Gasteiger partial charge >= 0.3 is 0 Å². The number of fused-ring (bicyclic) bond motifs is 15. The summed E-state index contributed by atoms with van der Waals surface area (Å²) >= 11 is 0. The minimum absolute atomic E-state index is 0.488. The smallest absolute Gasteiger partial charge is 0.227 e.